The number of rotatable bonds is 5. The summed E-state index contributed by atoms with van der Waals surface area (Å²) in [5.74, 6) is -0.731. The van der Waals surface area contributed by atoms with Crippen molar-refractivity contribution >= 4 is 35.1 Å². The Balaban J connectivity index is 1.91. The highest BCUT2D eigenvalue weighted by atomic mass is 35.5. The lowest BCUT2D eigenvalue weighted by molar-refractivity contribution is -0.162. The first-order valence-electron chi connectivity index (χ1n) is 11.3. The molecule has 31 heavy (non-hydrogen) atoms. The summed E-state index contributed by atoms with van der Waals surface area (Å²) >= 11 is 6.60. The quantitative estimate of drug-likeness (QED) is 0.650. The zero-order valence-electron chi connectivity index (χ0n) is 18.6. The van der Waals surface area contributed by atoms with Gasteiger partial charge in [-0.15, -0.1) is 0 Å². The number of anilines is 1. The molecule has 4 rings (SSSR count). The Morgan fingerprint density at radius 3 is 2.23 bits per heavy atom. The topological polar surface area (TPSA) is 64.2 Å². The van der Waals surface area contributed by atoms with Crippen LogP contribution in [0.4, 0.5) is 10.5 Å². The highest BCUT2D eigenvalue weighted by Gasteiger charge is 2.64. The smallest absolute Gasteiger partial charge is 0.333 e. The molecule has 2 saturated heterocycles. The Labute approximate surface area is 188 Å². The van der Waals surface area contributed by atoms with Crippen molar-refractivity contribution in [2.75, 3.05) is 44.2 Å². The van der Waals surface area contributed by atoms with E-state index in [-0.39, 0.29) is 24.3 Å². The van der Waals surface area contributed by atoms with Crippen LogP contribution in [0.5, 0.6) is 0 Å². The van der Waals surface area contributed by atoms with E-state index in [4.69, 9.17) is 11.6 Å². The molecule has 0 aromatic heterocycles. The molecule has 0 N–H and O–H groups in total. The lowest BCUT2D eigenvalue weighted by Crippen LogP contribution is -2.75. The van der Waals surface area contributed by atoms with E-state index in [1.165, 1.54) is 9.80 Å². The lowest BCUT2D eigenvalue weighted by atomic mass is 9.67. The van der Waals surface area contributed by atoms with Gasteiger partial charge in [-0.3, -0.25) is 24.3 Å². The van der Waals surface area contributed by atoms with Gasteiger partial charge in [0, 0.05) is 49.9 Å². The van der Waals surface area contributed by atoms with Crippen molar-refractivity contribution in [2.24, 2.45) is 5.41 Å². The number of hydrogen-bond acceptors (Lipinski definition) is 5. The molecule has 0 saturated carbocycles. The van der Waals surface area contributed by atoms with Crippen LogP contribution in [0.15, 0.2) is 18.2 Å². The molecule has 3 aliphatic heterocycles. The second-order valence-electron chi connectivity index (χ2n) is 8.68. The van der Waals surface area contributed by atoms with Gasteiger partial charge >= 0.3 is 6.03 Å². The van der Waals surface area contributed by atoms with Crippen LogP contribution in [0.1, 0.15) is 39.2 Å². The highest BCUT2D eigenvalue weighted by molar-refractivity contribution is 6.32. The van der Waals surface area contributed by atoms with E-state index in [0.717, 1.165) is 24.3 Å². The Bertz CT molecular complexity index is 877. The fraction of sp³-hybridized carbons (Fsp3) is 0.609. The molecule has 0 unspecified atom stereocenters. The standard InChI is InChI=1S/C23H31ClN4O3/c1-4-10-27-20(29)23(21(30)28(11-5-2)22(27)31)14-16-17(24)8-7-9-18(16)26-13-12-25(6-3)15-19(23)26/h7-9,19H,4-6,10-15H2,1-3H3/t19-/m0/s1. The minimum absolute atomic E-state index is 0.228. The predicted octanol–water partition coefficient (Wildman–Crippen LogP) is 3.00. The van der Waals surface area contributed by atoms with Crippen LogP contribution in [-0.4, -0.2) is 77.9 Å². The van der Waals surface area contributed by atoms with Gasteiger partial charge in [0.25, 0.3) is 0 Å². The molecule has 1 atom stereocenters. The zero-order chi connectivity index (χ0) is 22.3. The van der Waals surface area contributed by atoms with Crippen molar-refractivity contribution in [2.45, 2.75) is 46.1 Å². The summed E-state index contributed by atoms with van der Waals surface area (Å²) in [5, 5.41) is 0.565. The Morgan fingerprint density at radius 2 is 1.65 bits per heavy atom. The Hall–Kier alpha value is -2.12. The van der Waals surface area contributed by atoms with Gasteiger partial charge in [-0.2, -0.15) is 0 Å². The van der Waals surface area contributed by atoms with Crippen LogP contribution >= 0.6 is 11.6 Å². The summed E-state index contributed by atoms with van der Waals surface area (Å²) in [4.78, 5) is 48.2. The van der Waals surface area contributed by atoms with E-state index >= 15 is 0 Å². The van der Waals surface area contributed by atoms with Crippen LogP contribution < -0.4 is 4.90 Å². The van der Waals surface area contributed by atoms with Crippen LogP contribution in [-0.2, 0) is 16.0 Å². The molecular weight excluding hydrogens is 416 g/mol. The van der Waals surface area contributed by atoms with E-state index in [0.29, 0.717) is 44.0 Å². The normalized spacial score (nSPS) is 23.4. The summed E-state index contributed by atoms with van der Waals surface area (Å²) < 4.78 is 0. The third kappa shape index (κ3) is 3.24. The summed E-state index contributed by atoms with van der Waals surface area (Å²) in [7, 11) is 0. The molecule has 2 fully saturated rings. The van der Waals surface area contributed by atoms with Gasteiger partial charge < -0.3 is 4.90 Å². The number of amides is 4. The Kier molecular flexibility index (Phi) is 6.01. The number of imide groups is 2. The fourth-order valence-corrected chi connectivity index (χ4v) is 5.63. The zero-order valence-corrected chi connectivity index (χ0v) is 19.3. The maximum atomic E-state index is 14.0. The van der Waals surface area contributed by atoms with Crippen molar-refractivity contribution in [1.29, 1.82) is 0 Å². The average Bonchev–Trinajstić information content (AvgIpc) is 2.78. The Morgan fingerprint density at radius 1 is 1.00 bits per heavy atom. The number of benzene rings is 1. The highest BCUT2D eigenvalue weighted by Crippen LogP contribution is 2.48. The third-order valence-corrected chi connectivity index (χ3v) is 7.30. The van der Waals surface area contributed by atoms with Crippen molar-refractivity contribution in [3.8, 4) is 0 Å². The van der Waals surface area contributed by atoms with Gasteiger partial charge in [-0.1, -0.05) is 38.4 Å². The molecule has 3 heterocycles. The van der Waals surface area contributed by atoms with Crippen molar-refractivity contribution < 1.29 is 14.4 Å². The molecule has 1 aromatic carbocycles. The van der Waals surface area contributed by atoms with E-state index < -0.39 is 11.4 Å². The number of urea groups is 1. The minimum Gasteiger partial charge on any atom is -0.364 e. The molecule has 3 aliphatic rings. The lowest BCUT2D eigenvalue weighted by Gasteiger charge is -2.56. The number of nitrogens with zero attached hydrogens (tertiary/aromatic N) is 4. The first-order chi connectivity index (χ1) is 14.9. The number of barbiturate groups is 1. The van der Waals surface area contributed by atoms with Crippen LogP contribution in [0, 0.1) is 5.41 Å². The predicted molar refractivity (Wildman–Crippen MR) is 120 cm³/mol. The van der Waals surface area contributed by atoms with Gasteiger partial charge in [-0.25, -0.2) is 4.79 Å². The maximum absolute atomic E-state index is 14.0. The van der Waals surface area contributed by atoms with E-state index in [2.05, 4.69) is 16.7 Å². The second kappa shape index (κ2) is 8.43. The summed E-state index contributed by atoms with van der Waals surface area (Å²) in [6, 6.07) is 4.94. The van der Waals surface area contributed by atoms with Crippen LogP contribution in [0.25, 0.3) is 0 Å². The van der Waals surface area contributed by atoms with Crippen molar-refractivity contribution in [3.05, 3.63) is 28.8 Å². The first kappa shape index (κ1) is 22.1. The van der Waals surface area contributed by atoms with E-state index in [9.17, 15) is 14.4 Å². The number of piperazine rings is 1. The molecule has 8 heteroatoms. The molecular formula is C23H31ClN4O3. The molecule has 0 bridgehead atoms. The molecule has 168 valence electrons. The van der Waals surface area contributed by atoms with Crippen LogP contribution in [0.3, 0.4) is 0 Å². The van der Waals surface area contributed by atoms with Gasteiger partial charge in [0.1, 0.15) is 0 Å². The molecule has 1 aromatic rings. The van der Waals surface area contributed by atoms with Crippen LogP contribution in [0.2, 0.25) is 5.02 Å². The second-order valence-corrected chi connectivity index (χ2v) is 9.09. The molecule has 4 amide bonds. The number of likely N-dealkylation sites (N-methyl/N-ethyl adjacent to an activating group) is 1. The van der Waals surface area contributed by atoms with Crippen molar-refractivity contribution in [3.63, 3.8) is 0 Å². The summed E-state index contributed by atoms with van der Waals surface area (Å²) in [6.07, 6.45) is 1.52. The molecule has 1 spiro atoms. The third-order valence-electron chi connectivity index (χ3n) is 6.95. The molecule has 7 nitrogen and oxygen atoms in total. The van der Waals surface area contributed by atoms with Gasteiger partial charge in [0.15, 0.2) is 5.41 Å². The number of fused-ring (bicyclic) bond motifs is 4. The molecule has 0 aliphatic carbocycles. The fourth-order valence-electron chi connectivity index (χ4n) is 5.40. The number of carbonyl (C=O) groups is 3. The minimum atomic E-state index is -1.34. The number of carbonyl (C=O) groups excluding carboxylic acids is 3. The maximum Gasteiger partial charge on any atom is 0.333 e. The number of hydrogen-bond donors (Lipinski definition) is 0. The summed E-state index contributed by atoms with van der Waals surface area (Å²) in [5.41, 5.74) is 0.485. The largest absolute Gasteiger partial charge is 0.364 e. The molecule has 0 radical (unpaired) electrons. The van der Waals surface area contributed by atoms with Gasteiger partial charge in [-0.05, 0) is 37.1 Å². The number of halogens is 1. The first-order valence-corrected chi connectivity index (χ1v) is 11.7. The van der Waals surface area contributed by atoms with E-state index in [1.807, 2.05) is 32.0 Å². The van der Waals surface area contributed by atoms with E-state index in [1.54, 1.807) is 0 Å². The average molecular weight is 447 g/mol. The summed E-state index contributed by atoms with van der Waals surface area (Å²) in [6.45, 7) is 9.61. The van der Waals surface area contributed by atoms with Crippen molar-refractivity contribution in [1.82, 2.24) is 14.7 Å². The SMILES string of the molecule is CCCN1C(=O)N(CCC)C(=O)C2(Cc3c(Cl)cccc3N3CCN(CC)C[C@H]32)C1=O. The van der Waals surface area contributed by atoms with Gasteiger partial charge in [0.2, 0.25) is 11.8 Å². The van der Waals surface area contributed by atoms with Gasteiger partial charge in [0.05, 0.1) is 6.04 Å². The monoisotopic (exact) mass is 446 g/mol.